The number of carbonyl (C=O) groups is 1. The van der Waals surface area contributed by atoms with Gasteiger partial charge in [0.15, 0.2) is 0 Å². The van der Waals surface area contributed by atoms with Crippen molar-refractivity contribution >= 4 is 21.9 Å². The van der Waals surface area contributed by atoms with Gasteiger partial charge in [0.25, 0.3) is 0 Å². The molecule has 1 aliphatic carbocycles. The molecule has 0 aromatic heterocycles. The lowest BCUT2D eigenvalue weighted by Crippen LogP contribution is -2.62. The Morgan fingerprint density at radius 3 is 2.41 bits per heavy atom. The van der Waals surface area contributed by atoms with Crippen LogP contribution < -0.4 is 10.1 Å². The Morgan fingerprint density at radius 2 is 1.90 bits per heavy atom. The van der Waals surface area contributed by atoms with Crippen LogP contribution in [0.5, 0.6) is 5.75 Å². The van der Waals surface area contributed by atoms with Gasteiger partial charge in [0.1, 0.15) is 5.75 Å². The van der Waals surface area contributed by atoms with E-state index < -0.39 is 30.8 Å². The van der Waals surface area contributed by atoms with Gasteiger partial charge < -0.3 is 14.2 Å². The van der Waals surface area contributed by atoms with Gasteiger partial charge in [0.2, 0.25) is 6.10 Å². The van der Waals surface area contributed by atoms with E-state index in [1.807, 2.05) is 0 Å². The summed E-state index contributed by atoms with van der Waals surface area (Å²) < 4.78 is 55.0. The first-order valence-corrected chi connectivity index (χ1v) is 10.5. The van der Waals surface area contributed by atoms with Crippen LogP contribution in [0.15, 0.2) is 24.3 Å². The second-order valence-corrected chi connectivity index (χ2v) is 8.81. The first kappa shape index (κ1) is 22.4. The van der Waals surface area contributed by atoms with Crippen LogP contribution in [0, 0.1) is 5.92 Å². The van der Waals surface area contributed by atoms with E-state index >= 15 is 0 Å². The quantitative estimate of drug-likeness (QED) is 0.358. The molecule has 2 fully saturated rings. The summed E-state index contributed by atoms with van der Waals surface area (Å²) in [5, 5.41) is 3.39. The van der Waals surface area contributed by atoms with Gasteiger partial charge in [0, 0.05) is 5.54 Å². The first-order chi connectivity index (χ1) is 13.7. The zero-order valence-electron chi connectivity index (χ0n) is 16.1. The highest BCUT2D eigenvalue weighted by Gasteiger charge is 2.48. The summed E-state index contributed by atoms with van der Waals surface area (Å²) in [6.07, 6.45) is -3.38. The highest BCUT2D eigenvalue weighted by Crippen LogP contribution is 2.42. The van der Waals surface area contributed by atoms with Crippen molar-refractivity contribution in [2.45, 2.75) is 61.5 Å². The van der Waals surface area contributed by atoms with Gasteiger partial charge in [-0.15, -0.1) is 0 Å². The predicted octanol–water partition coefficient (Wildman–Crippen LogP) is 4.33. The minimum Gasteiger partial charge on any atom is -0.497 e. The predicted molar refractivity (Wildman–Crippen MR) is 104 cm³/mol. The van der Waals surface area contributed by atoms with Crippen LogP contribution in [0.1, 0.15) is 37.7 Å². The molecule has 1 saturated carbocycles. The van der Waals surface area contributed by atoms with E-state index in [1.54, 1.807) is 24.3 Å². The van der Waals surface area contributed by atoms with Crippen molar-refractivity contribution in [3.05, 3.63) is 29.8 Å². The minimum absolute atomic E-state index is 0.0144. The molecule has 0 radical (unpaired) electrons. The Morgan fingerprint density at radius 1 is 1.28 bits per heavy atom. The molecular formula is C20H25BrF3NO4. The van der Waals surface area contributed by atoms with E-state index in [0.717, 1.165) is 19.3 Å². The molecule has 1 spiro atoms. The Hall–Kier alpha value is -1.32. The summed E-state index contributed by atoms with van der Waals surface area (Å²) in [5.41, 5.74) is 0.726. The van der Waals surface area contributed by atoms with E-state index in [2.05, 4.69) is 21.2 Å². The molecule has 29 heavy (non-hydrogen) atoms. The number of hydrogen-bond acceptors (Lipinski definition) is 5. The number of methoxy groups -OCH3 is 1. The van der Waals surface area contributed by atoms with Crippen molar-refractivity contribution in [2.75, 3.05) is 13.7 Å². The monoisotopic (exact) mass is 479 g/mol. The van der Waals surface area contributed by atoms with E-state index in [1.165, 1.54) is 7.11 Å². The Labute approximate surface area is 176 Å². The lowest BCUT2D eigenvalue weighted by atomic mass is 9.71. The number of halogens is 4. The maximum absolute atomic E-state index is 13.3. The molecule has 9 heteroatoms. The highest BCUT2D eigenvalue weighted by atomic mass is 79.9. The number of nitrogens with one attached hydrogen (secondary N) is 1. The van der Waals surface area contributed by atoms with Gasteiger partial charge in [-0.05, 0) is 49.8 Å². The Balaban J connectivity index is 1.47. The number of benzene rings is 1. The zero-order chi connectivity index (χ0) is 21.1. The van der Waals surface area contributed by atoms with Crippen LogP contribution in [0.2, 0.25) is 0 Å². The topological polar surface area (TPSA) is 56.8 Å². The summed E-state index contributed by atoms with van der Waals surface area (Å²) in [6.45, 7) is -0.746. The summed E-state index contributed by atoms with van der Waals surface area (Å²) in [5.74, 6) is -0.637. The molecule has 3 rings (SSSR count). The highest BCUT2D eigenvalue weighted by molar-refractivity contribution is 9.09. The van der Waals surface area contributed by atoms with Crippen molar-refractivity contribution in [3.63, 3.8) is 0 Å². The van der Waals surface area contributed by atoms with Gasteiger partial charge in [-0.25, -0.2) is 0 Å². The molecule has 1 aromatic rings. The fourth-order valence-electron chi connectivity index (χ4n) is 3.85. The number of ether oxygens (including phenoxy) is 3. The van der Waals surface area contributed by atoms with Crippen molar-refractivity contribution in [1.29, 1.82) is 0 Å². The summed E-state index contributed by atoms with van der Waals surface area (Å²) in [7, 11) is 1.53. The van der Waals surface area contributed by atoms with Crippen molar-refractivity contribution in [2.24, 2.45) is 5.92 Å². The number of rotatable bonds is 7. The third-order valence-electron chi connectivity index (χ3n) is 5.63. The average Bonchev–Trinajstić information content (AvgIpc) is 2.66. The molecular weight excluding hydrogens is 455 g/mol. The van der Waals surface area contributed by atoms with E-state index in [9.17, 15) is 18.0 Å². The zero-order valence-corrected chi connectivity index (χ0v) is 17.7. The molecule has 2 unspecified atom stereocenters. The maximum atomic E-state index is 13.3. The molecule has 1 N–H and O–H groups in total. The van der Waals surface area contributed by atoms with Crippen LogP contribution >= 0.6 is 15.9 Å². The molecule has 5 nitrogen and oxygen atoms in total. The minimum atomic E-state index is -4.68. The van der Waals surface area contributed by atoms with Gasteiger partial charge in [-0.3, -0.25) is 10.1 Å². The third-order valence-corrected chi connectivity index (χ3v) is 6.18. The summed E-state index contributed by atoms with van der Waals surface area (Å²) in [4.78, 5) is 12.6. The summed E-state index contributed by atoms with van der Waals surface area (Å²) in [6, 6.07) is 6.81. The van der Waals surface area contributed by atoms with Crippen LogP contribution in [-0.4, -0.2) is 42.5 Å². The molecule has 0 bridgehead atoms. The lowest BCUT2D eigenvalue weighted by molar-refractivity contribution is -0.235. The second kappa shape index (κ2) is 9.22. The molecule has 2 atom stereocenters. The summed E-state index contributed by atoms with van der Waals surface area (Å²) >= 11 is 3.47. The number of carbonyl (C=O) groups excluding carboxylic acids is 1. The van der Waals surface area contributed by atoms with Gasteiger partial charge in [0.05, 0.1) is 31.2 Å². The largest absolute Gasteiger partial charge is 0.497 e. The van der Waals surface area contributed by atoms with Gasteiger partial charge >= 0.3 is 12.1 Å². The van der Waals surface area contributed by atoms with Crippen LogP contribution in [0.4, 0.5) is 13.2 Å². The lowest BCUT2D eigenvalue weighted by Gasteiger charge is -2.50. The Bertz CT molecular complexity index is 682. The maximum Gasteiger partial charge on any atom is 0.427 e. The molecule has 0 amide bonds. The van der Waals surface area contributed by atoms with Crippen molar-refractivity contribution in [3.8, 4) is 5.75 Å². The number of alkyl halides is 4. The first-order valence-electron chi connectivity index (χ1n) is 9.60. The standard InChI is InChI=1S/C20H25BrF3NO4/c1-27-15-4-2-13(3-5-15)11-28-12-16(20(22,23)24)29-18(26)14-6-8-19(9-7-14)10-17(21)25-19/h2-5,14,16-17,25H,6-12H2,1H3. The number of esters is 1. The van der Waals surface area contributed by atoms with Gasteiger partial charge in [-0.2, -0.15) is 13.2 Å². The van der Waals surface area contributed by atoms with Crippen LogP contribution in [0.25, 0.3) is 0 Å². The second-order valence-electron chi connectivity index (χ2n) is 7.70. The van der Waals surface area contributed by atoms with E-state index in [-0.39, 0.29) is 17.1 Å². The smallest absolute Gasteiger partial charge is 0.427 e. The molecule has 1 saturated heterocycles. The van der Waals surface area contributed by atoms with E-state index in [4.69, 9.17) is 14.2 Å². The molecule has 1 aromatic carbocycles. The van der Waals surface area contributed by atoms with Crippen LogP contribution in [0.3, 0.4) is 0 Å². The average molecular weight is 480 g/mol. The van der Waals surface area contributed by atoms with Crippen LogP contribution in [-0.2, 0) is 20.9 Å². The Kier molecular flexibility index (Phi) is 7.11. The molecule has 1 heterocycles. The van der Waals surface area contributed by atoms with Crippen molar-refractivity contribution in [1.82, 2.24) is 5.32 Å². The van der Waals surface area contributed by atoms with Gasteiger partial charge in [-0.1, -0.05) is 28.1 Å². The number of hydrogen-bond donors (Lipinski definition) is 1. The molecule has 1 aliphatic heterocycles. The SMILES string of the molecule is COc1ccc(COCC(OC(=O)C2CCC3(CC2)CC(Br)N3)C(F)(F)F)cc1. The van der Waals surface area contributed by atoms with E-state index in [0.29, 0.717) is 24.2 Å². The fraction of sp³-hybridized carbons (Fsp3) is 0.650. The normalized spacial score (nSPS) is 27.9. The fourth-order valence-corrected chi connectivity index (χ4v) is 4.95. The molecule has 2 aliphatic rings. The molecule has 162 valence electrons. The third kappa shape index (κ3) is 5.86. The van der Waals surface area contributed by atoms with Crippen molar-refractivity contribution < 1.29 is 32.2 Å².